The Labute approximate surface area is 135 Å². The minimum Gasteiger partial charge on any atom is -0.481 e. The summed E-state index contributed by atoms with van der Waals surface area (Å²) in [6, 6.07) is 6.45. The van der Waals surface area contributed by atoms with E-state index in [1.54, 1.807) is 7.11 Å². The van der Waals surface area contributed by atoms with E-state index in [0.717, 1.165) is 12.0 Å². The monoisotopic (exact) mass is 314 g/mol. The van der Waals surface area contributed by atoms with Crippen LogP contribution in [0.4, 0.5) is 0 Å². The Morgan fingerprint density at radius 3 is 2.87 bits per heavy atom. The van der Waals surface area contributed by atoms with Crippen LogP contribution >= 0.6 is 0 Å². The van der Waals surface area contributed by atoms with Crippen LogP contribution < -0.4 is 0 Å². The molecule has 5 nitrogen and oxygen atoms in total. The summed E-state index contributed by atoms with van der Waals surface area (Å²) in [4.78, 5) is 13.8. The number of aliphatic carboxylic acids is 1. The van der Waals surface area contributed by atoms with Crippen LogP contribution in [0.1, 0.15) is 17.5 Å². The molecule has 0 bridgehead atoms. The number of ether oxygens (including phenoxy) is 1. The van der Waals surface area contributed by atoms with Gasteiger partial charge in [-0.25, -0.2) is 0 Å². The number of likely N-dealkylation sites (N-methyl/N-ethyl adjacent to an activating group) is 1. The maximum Gasteiger partial charge on any atom is 0.307 e. The molecule has 5 heteroatoms. The molecule has 2 heterocycles. The van der Waals surface area contributed by atoms with Crippen LogP contribution in [-0.4, -0.2) is 47.3 Å². The van der Waals surface area contributed by atoms with Crippen molar-refractivity contribution in [3.8, 4) is 0 Å². The minimum atomic E-state index is -0.738. The van der Waals surface area contributed by atoms with Crippen LogP contribution in [0, 0.1) is 5.92 Å². The second-order valence-electron chi connectivity index (χ2n) is 6.96. The predicted octanol–water partition coefficient (Wildman–Crippen LogP) is 1.98. The second-order valence-corrected chi connectivity index (χ2v) is 6.96. The quantitative estimate of drug-likeness (QED) is 0.921. The molecule has 0 spiro atoms. The van der Waals surface area contributed by atoms with Crippen molar-refractivity contribution in [2.45, 2.75) is 24.5 Å². The number of carbonyl (C=O) groups is 1. The van der Waals surface area contributed by atoms with E-state index in [2.05, 4.69) is 40.9 Å². The number of carboxylic acid groups (broad SMARTS) is 1. The van der Waals surface area contributed by atoms with Crippen molar-refractivity contribution in [1.29, 1.82) is 0 Å². The van der Waals surface area contributed by atoms with Crippen molar-refractivity contribution >= 4 is 16.9 Å². The Kier molecular flexibility index (Phi) is 3.09. The lowest BCUT2D eigenvalue weighted by Crippen LogP contribution is -2.60. The van der Waals surface area contributed by atoms with Crippen LogP contribution in [0.25, 0.3) is 10.9 Å². The first kappa shape index (κ1) is 14.7. The van der Waals surface area contributed by atoms with E-state index in [1.807, 2.05) is 7.05 Å². The van der Waals surface area contributed by atoms with Crippen molar-refractivity contribution in [2.75, 3.05) is 20.7 Å². The standard InChI is InChI=1S/C18H22N2O3/c1-19-9-11-7-15-18(23-3,8-12(17(21)22)10-20(15)2)13-5-4-6-14(19)16(11)13/h4-6,9,12,15H,7-8,10H2,1-3H3,(H,21,22)/t12?,15-,18+/m1/s1. The highest BCUT2D eigenvalue weighted by Gasteiger charge is 2.53. The summed E-state index contributed by atoms with van der Waals surface area (Å²) in [5, 5.41) is 10.8. The summed E-state index contributed by atoms with van der Waals surface area (Å²) in [6.45, 7) is 0.573. The zero-order chi connectivity index (χ0) is 16.4. The highest BCUT2D eigenvalue weighted by Crippen LogP contribution is 2.49. The molecule has 2 aliphatic rings. The first-order valence-corrected chi connectivity index (χ1v) is 8.03. The number of methoxy groups -OCH3 is 1. The fourth-order valence-electron chi connectivity index (χ4n) is 4.76. The SMILES string of the molecule is CO[C@]12CC(C(=O)O)CN(C)[C@@H]1Cc1cn(C)c3cccc2c13. The summed E-state index contributed by atoms with van der Waals surface area (Å²) in [7, 11) is 5.80. The maximum absolute atomic E-state index is 11.6. The van der Waals surface area contributed by atoms with E-state index in [-0.39, 0.29) is 6.04 Å². The van der Waals surface area contributed by atoms with Gasteiger partial charge in [-0.2, -0.15) is 0 Å². The van der Waals surface area contributed by atoms with Gasteiger partial charge in [-0.05, 0) is 37.1 Å². The zero-order valence-electron chi connectivity index (χ0n) is 13.7. The molecule has 1 fully saturated rings. The van der Waals surface area contributed by atoms with Gasteiger partial charge in [0.15, 0.2) is 0 Å². The molecule has 1 aromatic carbocycles. The molecule has 4 rings (SSSR count). The average Bonchev–Trinajstić information content (AvgIpc) is 2.86. The summed E-state index contributed by atoms with van der Waals surface area (Å²) in [5.74, 6) is -1.14. The molecule has 23 heavy (non-hydrogen) atoms. The van der Waals surface area contributed by atoms with Crippen molar-refractivity contribution in [3.63, 3.8) is 0 Å². The lowest BCUT2D eigenvalue weighted by Gasteiger charge is -2.52. The highest BCUT2D eigenvalue weighted by molar-refractivity contribution is 5.89. The number of likely N-dealkylation sites (tertiary alicyclic amines) is 1. The van der Waals surface area contributed by atoms with Gasteiger partial charge in [0, 0.05) is 43.8 Å². The van der Waals surface area contributed by atoms with E-state index in [1.165, 1.54) is 16.5 Å². The molecular formula is C18H22N2O3. The first-order valence-electron chi connectivity index (χ1n) is 8.03. The number of nitrogens with zero attached hydrogens (tertiary/aromatic N) is 2. The molecule has 1 aromatic heterocycles. The lowest BCUT2D eigenvalue weighted by atomic mass is 9.68. The topological polar surface area (TPSA) is 54.7 Å². The zero-order valence-corrected chi connectivity index (χ0v) is 13.7. The third kappa shape index (κ3) is 1.83. The van der Waals surface area contributed by atoms with Crippen LogP contribution in [0.3, 0.4) is 0 Å². The molecule has 2 aromatic rings. The molecule has 1 saturated heterocycles. The average molecular weight is 314 g/mol. The number of aryl methyl sites for hydroxylation is 1. The Morgan fingerprint density at radius 1 is 1.39 bits per heavy atom. The fourth-order valence-corrected chi connectivity index (χ4v) is 4.76. The largest absolute Gasteiger partial charge is 0.481 e. The molecule has 122 valence electrons. The smallest absolute Gasteiger partial charge is 0.307 e. The predicted molar refractivity (Wildman–Crippen MR) is 87.5 cm³/mol. The molecule has 0 radical (unpaired) electrons. The normalized spacial score (nSPS) is 30.4. The van der Waals surface area contributed by atoms with Gasteiger partial charge >= 0.3 is 5.97 Å². The third-order valence-corrected chi connectivity index (χ3v) is 5.80. The highest BCUT2D eigenvalue weighted by atomic mass is 16.5. The minimum absolute atomic E-state index is 0.170. The van der Waals surface area contributed by atoms with E-state index in [4.69, 9.17) is 4.74 Å². The van der Waals surface area contributed by atoms with Gasteiger partial charge in [0.05, 0.1) is 5.92 Å². The molecule has 3 atom stereocenters. The number of piperidine rings is 1. The van der Waals surface area contributed by atoms with Crippen molar-refractivity contribution in [1.82, 2.24) is 9.47 Å². The Hall–Kier alpha value is -1.85. The molecular weight excluding hydrogens is 292 g/mol. The number of rotatable bonds is 2. The summed E-state index contributed by atoms with van der Waals surface area (Å²) in [6.07, 6.45) is 3.62. The van der Waals surface area contributed by atoms with E-state index < -0.39 is 17.5 Å². The fraction of sp³-hybridized carbons (Fsp3) is 0.500. The number of hydrogen-bond acceptors (Lipinski definition) is 3. The summed E-state index contributed by atoms with van der Waals surface area (Å²) < 4.78 is 8.23. The maximum atomic E-state index is 11.6. The van der Waals surface area contributed by atoms with E-state index in [9.17, 15) is 9.90 Å². The second kappa shape index (κ2) is 4.82. The number of fused-ring (bicyclic) bond motifs is 2. The first-order chi connectivity index (χ1) is 11.0. The van der Waals surface area contributed by atoms with Crippen molar-refractivity contribution in [3.05, 3.63) is 35.5 Å². The van der Waals surface area contributed by atoms with Gasteiger partial charge in [0.25, 0.3) is 0 Å². The molecule has 0 saturated carbocycles. The Morgan fingerprint density at radius 2 is 2.17 bits per heavy atom. The van der Waals surface area contributed by atoms with Gasteiger partial charge in [-0.3, -0.25) is 9.69 Å². The number of hydrogen-bond donors (Lipinski definition) is 1. The molecule has 1 aliphatic heterocycles. The third-order valence-electron chi connectivity index (χ3n) is 5.80. The Balaban J connectivity index is 1.97. The molecule has 1 N–H and O–H groups in total. The molecule has 1 aliphatic carbocycles. The van der Waals surface area contributed by atoms with E-state index >= 15 is 0 Å². The number of carboxylic acids is 1. The lowest BCUT2D eigenvalue weighted by molar-refractivity contribution is -0.160. The number of aromatic nitrogens is 1. The molecule has 0 amide bonds. The summed E-state index contributed by atoms with van der Waals surface area (Å²) in [5.41, 5.74) is 3.11. The van der Waals surface area contributed by atoms with Gasteiger partial charge < -0.3 is 14.4 Å². The molecule has 1 unspecified atom stereocenters. The van der Waals surface area contributed by atoms with Gasteiger partial charge in [-0.15, -0.1) is 0 Å². The van der Waals surface area contributed by atoms with Crippen LogP contribution in [-0.2, 0) is 28.6 Å². The van der Waals surface area contributed by atoms with E-state index in [0.29, 0.717) is 13.0 Å². The summed E-state index contributed by atoms with van der Waals surface area (Å²) >= 11 is 0. The van der Waals surface area contributed by atoms with Gasteiger partial charge in [0.2, 0.25) is 0 Å². The van der Waals surface area contributed by atoms with Crippen LogP contribution in [0.15, 0.2) is 24.4 Å². The van der Waals surface area contributed by atoms with Crippen molar-refractivity contribution < 1.29 is 14.6 Å². The van der Waals surface area contributed by atoms with Crippen LogP contribution in [0.2, 0.25) is 0 Å². The van der Waals surface area contributed by atoms with Gasteiger partial charge in [-0.1, -0.05) is 12.1 Å². The number of benzene rings is 1. The van der Waals surface area contributed by atoms with Crippen LogP contribution in [0.5, 0.6) is 0 Å². The van der Waals surface area contributed by atoms with Crippen molar-refractivity contribution in [2.24, 2.45) is 13.0 Å². The van der Waals surface area contributed by atoms with Gasteiger partial charge in [0.1, 0.15) is 5.60 Å². The Bertz CT molecular complexity index is 797.